The highest BCUT2D eigenvalue weighted by atomic mass is 16.4. The maximum Gasteiger partial charge on any atom is 0.337 e. The van der Waals surface area contributed by atoms with Crippen molar-refractivity contribution in [3.63, 3.8) is 0 Å². The number of hydrogen-bond acceptors (Lipinski definition) is 5. The lowest BCUT2D eigenvalue weighted by molar-refractivity contribution is -0.147. The maximum absolute atomic E-state index is 12.6. The van der Waals surface area contributed by atoms with E-state index in [0.29, 0.717) is 6.42 Å². The predicted octanol–water partition coefficient (Wildman–Crippen LogP) is 2.62. The maximum atomic E-state index is 12.6. The van der Waals surface area contributed by atoms with E-state index in [9.17, 15) is 19.5 Å². The number of amides is 1. The molecule has 8 heteroatoms. The van der Waals surface area contributed by atoms with Gasteiger partial charge in [-0.15, -0.1) is 0 Å². The number of aliphatic carboxylic acids is 1. The van der Waals surface area contributed by atoms with Crippen molar-refractivity contribution in [2.45, 2.75) is 25.0 Å². The Kier molecular flexibility index (Phi) is 7.30. The molecular formula is C24H22N2O6. The summed E-state index contributed by atoms with van der Waals surface area (Å²) in [5.74, 6) is -3.14. The Hall–Kier alpha value is -4.04. The minimum absolute atomic E-state index is 0.00996. The SMILES string of the molecule is O=C(O)c1ccc(C(=O)NC(Cc2ccc(-c3ccccc3)cc2)C[C@@H](O)C(=O)O)nc1. The standard InChI is InChI=1S/C24H22N2O6/c27-21(24(31)32)13-19(26-22(28)20-11-10-18(14-25-20)23(29)30)12-15-6-8-17(9-7-15)16-4-2-1-3-5-16/h1-11,14,19,21,27H,12-13H2,(H,26,28)(H,29,30)(H,31,32)/t19?,21-/m1/s1. The van der Waals surface area contributed by atoms with Crippen LogP contribution in [-0.2, 0) is 11.2 Å². The van der Waals surface area contributed by atoms with Crippen molar-refractivity contribution in [3.8, 4) is 11.1 Å². The second-order valence-corrected chi connectivity index (χ2v) is 7.26. The first kappa shape index (κ1) is 22.6. The Morgan fingerprint density at radius 3 is 2.09 bits per heavy atom. The van der Waals surface area contributed by atoms with Gasteiger partial charge in [-0.2, -0.15) is 0 Å². The molecule has 0 aliphatic heterocycles. The molecule has 0 bridgehead atoms. The number of nitrogens with zero attached hydrogens (tertiary/aromatic N) is 1. The van der Waals surface area contributed by atoms with Gasteiger partial charge >= 0.3 is 11.9 Å². The number of carbonyl (C=O) groups is 3. The molecule has 2 atom stereocenters. The molecule has 0 radical (unpaired) electrons. The summed E-state index contributed by atoms with van der Waals surface area (Å²) < 4.78 is 0. The van der Waals surface area contributed by atoms with Crippen LogP contribution < -0.4 is 5.32 Å². The molecule has 1 aromatic heterocycles. The molecule has 3 aromatic rings. The largest absolute Gasteiger partial charge is 0.479 e. The van der Waals surface area contributed by atoms with Gasteiger partial charge in [-0.1, -0.05) is 54.6 Å². The molecular weight excluding hydrogens is 412 g/mol. The minimum Gasteiger partial charge on any atom is -0.479 e. The fourth-order valence-corrected chi connectivity index (χ4v) is 3.23. The Morgan fingerprint density at radius 1 is 0.875 bits per heavy atom. The number of carboxylic acid groups (broad SMARTS) is 2. The van der Waals surface area contributed by atoms with Gasteiger partial charge < -0.3 is 20.6 Å². The minimum atomic E-state index is -1.65. The fourth-order valence-electron chi connectivity index (χ4n) is 3.23. The zero-order valence-corrected chi connectivity index (χ0v) is 17.0. The topological polar surface area (TPSA) is 137 Å². The summed E-state index contributed by atoms with van der Waals surface area (Å²) in [5, 5.41) is 30.5. The van der Waals surface area contributed by atoms with Crippen LogP contribution >= 0.6 is 0 Å². The summed E-state index contributed by atoms with van der Waals surface area (Å²) in [7, 11) is 0. The van der Waals surface area contributed by atoms with E-state index in [0.717, 1.165) is 22.9 Å². The number of aliphatic hydroxyl groups excluding tert-OH is 1. The Balaban J connectivity index is 1.74. The predicted molar refractivity (Wildman–Crippen MR) is 116 cm³/mol. The summed E-state index contributed by atoms with van der Waals surface area (Å²) in [6, 6.07) is 19.3. The molecule has 1 unspecified atom stereocenters. The normalized spacial score (nSPS) is 12.5. The first-order valence-electron chi connectivity index (χ1n) is 9.89. The molecule has 0 fully saturated rings. The van der Waals surface area contributed by atoms with Crippen molar-refractivity contribution >= 4 is 17.8 Å². The third kappa shape index (κ3) is 5.99. The van der Waals surface area contributed by atoms with E-state index in [1.807, 2.05) is 54.6 Å². The van der Waals surface area contributed by atoms with Crippen molar-refractivity contribution in [1.82, 2.24) is 10.3 Å². The smallest absolute Gasteiger partial charge is 0.337 e. The number of rotatable bonds is 9. The number of pyridine rings is 1. The fraction of sp³-hybridized carbons (Fsp3) is 0.167. The number of nitrogens with one attached hydrogen (secondary N) is 1. The number of aliphatic hydroxyl groups is 1. The summed E-state index contributed by atoms with van der Waals surface area (Å²) in [5.41, 5.74) is 2.85. The summed E-state index contributed by atoms with van der Waals surface area (Å²) in [6.45, 7) is 0. The van der Waals surface area contributed by atoms with Gasteiger partial charge in [0.2, 0.25) is 0 Å². The molecule has 2 aromatic carbocycles. The van der Waals surface area contributed by atoms with E-state index < -0.39 is 30.0 Å². The summed E-state index contributed by atoms with van der Waals surface area (Å²) >= 11 is 0. The van der Waals surface area contributed by atoms with Crippen LogP contribution in [-0.4, -0.2) is 50.3 Å². The molecule has 4 N–H and O–H groups in total. The second kappa shape index (κ2) is 10.3. The van der Waals surface area contributed by atoms with E-state index in [-0.39, 0.29) is 17.7 Å². The van der Waals surface area contributed by atoms with Crippen LogP contribution in [0.4, 0.5) is 0 Å². The Bertz CT molecular complexity index is 1080. The third-order valence-corrected chi connectivity index (χ3v) is 4.91. The molecule has 0 spiro atoms. The molecule has 32 heavy (non-hydrogen) atoms. The monoisotopic (exact) mass is 434 g/mol. The van der Waals surface area contributed by atoms with Gasteiger partial charge in [-0.25, -0.2) is 9.59 Å². The zero-order valence-electron chi connectivity index (χ0n) is 17.0. The lowest BCUT2D eigenvalue weighted by Gasteiger charge is -2.20. The van der Waals surface area contributed by atoms with Gasteiger partial charge in [0.15, 0.2) is 6.10 Å². The lowest BCUT2D eigenvalue weighted by atomic mass is 9.97. The average molecular weight is 434 g/mol. The Morgan fingerprint density at radius 2 is 1.53 bits per heavy atom. The quantitative estimate of drug-likeness (QED) is 0.406. The number of carboxylic acids is 2. The third-order valence-electron chi connectivity index (χ3n) is 4.91. The van der Waals surface area contributed by atoms with Gasteiger partial charge in [0, 0.05) is 18.7 Å². The number of aromatic nitrogens is 1. The number of benzene rings is 2. The highest BCUT2D eigenvalue weighted by Gasteiger charge is 2.23. The van der Waals surface area contributed by atoms with Crippen LogP contribution in [0.3, 0.4) is 0 Å². The van der Waals surface area contributed by atoms with E-state index in [2.05, 4.69) is 10.3 Å². The number of aromatic carboxylic acids is 1. The molecule has 0 saturated heterocycles. The van der Waals surface area contributed by atoms with E-state index in [1.165, 1.54) is 12.1 Å². The van der Waals surface area contributed by atoms with E-state index in [1.54, 1.807) is 0 Å². The highest BCUT2D eigenvalue weighted by Crippen LogP contribution is 2.20. The molecule has 0 aliphatic carbocycles. The summed E-state index contributed by atoms with van der Waals surface area (Å²) in [4.78, 5) is 38.5. The molecule has 164 valence electrons. The average Bonchev–Trinajstić information content (AvgIpc) is 2.80. The number of carbonyl (C=O) groups excluding carboxylic acids is 1. The molecule has 8 nitrogen and oxygen atoms in total. The van der Waals surface area contributed by atoms with Crippen LogP contribution in [0.15, 0.2) is 72.9 Å². The lowest BCUT2D eigenvalue weighted by Crippen LogP contribution is -2.40. The molecule has 0 saturated carbocycles. The zero-order chi connectivity index (χ0) is 23.1. The first-order chi connectivity index (χ1) is 15.3. The Labute approximate surface area is 184 Å². The van der Waals surface area contributed by atoms with Gasteiger partial charge in [-0.3, -0.25) is 9.78 Å². The van der Waals surface area contributed by atoms with E-state index >= 15 is 0 Å². The van der Waals surface area contributed by atoms with Crippen LogP contribution in [0.25, 0.3) is 11.1 Å². The highest BCUT2D eigenvalue weighted by molar-refractivity contribution is 5.94. The van der Waals surface area contributed by atoms with Gasteiger partial charge in [-0.05, 0) is 35.2 Å². The van der Waals surface area contributed by atoms with Gasteiger partial charge in [0.25, 0.3) is 5.91 Å². The van der Waals surface area contributed by atoms with Crippen LogP contribution in [0.5, 0.6) is 0 Å². The summed E-state index contributed by atoms with van der Waals surface area (Å²) in [6.07, 6.45) is -0.487. The van der Waals surface area contributed by atoms with Crippen molar-refractivity contribution in [1.29, 1.82) is 0 Å². The van der Waals surface area contributed by atoms with Gasteiger partial charge in [0.1, 0.15) is 5.69 Å². The van der Waals surface area contributed by atoms with Crippen molar-refractivity contribution < 1.29 is 29.7 Å². The van der Waals surface area contributed by atoms with Crippen molar-refractivity contribution in [2.24, 2.45) is 0 Å². The van der Waals surface area contributed by atoms with Crippen molar-refractivity contribution in [2.75, 3.05) is 0 Å². The molecule has 1 heterocycles. The van der Waals surface area contributed by atoms with Crippen molar-refractivity contribution in [3.05, 3.63) is 89.7 Å². The van der Waals surface area contributed by atoms with Crippen LogP contribution in [0.2, 0.25) is 0 Å². The number of hydrogen-bond donors (Lipinski definition) is 4. The second-order valence-electron chi connectivity index (χ2n) is 7.26. The molecule has 3 rings (SSSR count). The molecule has 1 amide bonds. The van der Waals surface area contributed by atoms with Gasteiger partial charge in [0.05, 0.1) is 5.56 Å². The molecule has 0 aliphatic rings. The van der Waals surface area contributed by atoms with E-state index in [4.69, 9.17) is 10.2 Å². The van der Waals surface area contributed by atoms with Crippen LogP contribution in [0.1, 0.15) is 32.8 Å². The van der Waals surface area contributed by atoms with Crippen LogP contribution in [0, 0.1) is 0 Å². The first-order valence-corrected chi connectivity index (χ1v) is 9.89.